The van der Waals surface area contributed by atoms with Crippen LogP contribution in [0.4, 0.5) is 17.6 Å². The first-order valence-electron chi connectivity index (χ1n) is 7.35. The third kappa shape index (κ3) is 3.91. The molecule has 1 fully saturated rings. The Morgan fingerprint density at radius 2 is 1.91 bits per heavy atom. The maximum absolute atomic E-state index is 14.4. The molecule has 0 unspecified atom stereocenters. The minimum atomic E-state index is -4.54. The van der Waals surface area contributed by atoms with Crippen molar-refractivity contribution < 1.29 is 17.6 Å². The molecule has 7 heteroatoms. The van der Waals surface area contributed by atoms with Crippen LogP contribution in [0.25, 0.3) is 0 Å². The van der Waals surface area contributed by atoms with E-state index in [2.05, 4.69) is 5.32 Å². The van der Waals surface area contributed by atoms with Gasteiger partial charge in [-0.1, -0.05) is 24.9 Å². The average molecular weight is 339 g/mol. The molecule has 1 aromatic rings. The van der Waals surface area contributed by atoms with Gasteiger partial charge in [0, 0.05) is 37.8 Å². The zero-order valence-electron chi connectivity index (χ0n) is 12.3. The Balaban J connectivity index is 2.43. The Morgan fingerprint density at radius 1 is 1.27 bits per heavy atom. The Labute approximate surface area is 132 Å². The molecule has 1 heterocycles. The zero-order chi connectivity index (χ0) is 16.3. The monoisotopic (exact) mass is 338 g/mol. The topological polar surface area (TPSA) is 15.3 Å². The molecule has 22 heavy (non-hydrogen) atoms. The summed E-state index contributed by atoms with van der Waals surface area (Å²) in [5.74, 6) is -0.744. The van der Waals surface area contributed by atoms with Crippen molar-refractivity contribution in [2.75, 3.05) is 26.2 Å². The summed E-state index contributed by atoms with van der Waals surface area (Å²) in [7, 11) is 0. The number of nitrogens with one attached hydrogen (secondary N) is 1. The van der Waals surface area contributed by atoms with Crippen LogP contribution in [0, 0.1) is 5.82 Å². The van der Waals surface area contributed by atoms with Crippen LogP contribution < -0.4 is 5.32 Å². The van der Waals surface area contributed by atoms with Crippen molar-refractivity contribution in [3.63, 3.8) is 0 Å². The summed E-state index contributed by atoms with van der Waals surface area (Å²) in [6.45, 7) is 4.78. The normalized spacial score (nSPS) is 18.5. The fourth-order valence-corrected chi connectivity index (χ4v) is 3.05. The molecule has 124 valence electrons. The van der Waals surface area contributed by atoms with Gasteiger partial charge in [-0.15, -0.1) is 0 Å². The van der Waals surface area contributed by atoms with Crippen LogP contribution in [0.5, 0.6) is 0 Å². The maximum Gasteiger partial charge on any atom is 0.416 e. The lowest BCUT2D eigenvalue weighted by Crippen LogP contribution is -2.45. The van der Waals surface area contributed by atoms with Crippen molar-refractivity contribution in [2.45, 2.75) is 32.0 Å². The van der Waals surface area contributed by atoms with Crippen molar-refractivity contribution in [1.29, 1.82) is 0 Å². The molecule has 0 aromatic heterocycles. The Hall–Kier alpha value is -0.850. The second-order valence-electron chi connectivity index (χ2n) is 5.45. The van der Waals surface area contributed by atoms with Crippen molar-refractivity contribution in [1.82, 2.24) is 10.2 Å². The smallest absolute Gasteiger partial charge is 0.314 e. The molecule has 0 radical (unpaired) electrons. The summed E-state index contributed by atoms with van der Waals surface area (Å²) in [4.78, 5) is 2.02. The van der Waals surface area contributed by atoms with Gasteiger partial charge in [-0.3, -0.25) is 4.90 Å². The van der Waals surface area contributed by atoms with Gasteiger partial charge < -0.3 is 5.32 Å². The van der Waals surface area contributed by atoms with Crippen LogP contribution in [-0.4, -0.2) is 31.1 Å². The van der Waals surface area contributed by atoms with Crippen LogP contribution in [0.3, 0.4) is 0 Å². The standard InChI is InChI=1S/C15H19ClF4N2/c1-2-3-13(22-6-4-21-5-7-22)11-8-10(15(18,19)20)9-12(16)14(11)17/h8-9,13,21H,2-7H2,1H3/t13-/m0/s1. The molecule has 1 atom stereocenters. The molecule has 1 saturated heterocycles. The second kappa shape index (κ2) is 7.15. The van der Waals surface area contributed by atoms with Gasteiger partial charge in [-0.05, 0) is 18.6 Å². The Morgan fingerprint density at radius 3 is 2.45 bits per heavy atom. The van der Waals surface area contributed by atoms with Crippen molar-refractivity contribution in [2.24, 2.45) is 0 Å². The lowest BCUT2D eigenvalue weighted by atomic mass is 9.97. The molecule has 2 nitrogen and oxygen atoms in total. The number of piperazine rings is 1. The lowest BCUT2D eigenvalue weighted by molar-refractivity contribution is -0.137. The van der Waals surface area contributed by atoms with Gasteiger partial charge in [0.2, 0.25) is 0 Å². The number of rotatable bonds is 4. The van der Waals surface area contributed by atoms with Crippen LogP contribution in [0.2, 0.25) is 5.02 Å². The Kier molecular flexibility index (Phi) is 5.69. The second-order valence-corrected chi connectivity index (χ2v) is 5.86. The molecular weight excluding hydrogens is 320 g/mol. The van der Waals surface area contributed by atoms with Gasteiger partial charge in [0.05, 0.1) is 10.6 Å². The number of halogens is 5. The largest absolute Gasteiger partial charge is 0.416 e. The van der Waals surface area contributed by atoms with E-state index in [1.807, 2.05) is 11.8 Å². The molecule has 1 N–H and O–H groups in total. The highest BCUT2D eigenvalue weighted by Crippen LogP contribution is 2.37. The van der Waals surface area contributed by atoms with Crippen molar-refractivity contribution >= 4 is 11.6 Å². The van der Waals surface area contributed by atoms with E-state index in [0.717, 1.165) is 25.6 Å². The summed E-state index contributed by atoms with van der Waals surface area (Å²) in [5, 5.41) is 2.71. The fraction of sp³-hybridized carbons (Fsp3) is 0.600. The molecule has 1 aromatic carbocycles. The van der Waals surface area contributed by atoms with E-state index >= 15 is 0 Å². The predicted molar refractivity (Wildman–Crippen MR) is 78.5 cm³/mol. The summed E-state index contributed by atoms with van der Waals surface area (Å²) in [6.07, 6.45) is -3.19. The number of nitrogens with zero attached hydrogens (tertiary/aromatic N) is 1. The molecule has 0 aliphatic carbocycles. The summed E-state index contributed by atoms with van der Waals surface area (Å²) < 4.78 is 53.3. The van der Waals surface area contributed by atoms with Crippen LogP contribution >= 0.6 is 11.6 Å². The highest BCUT2D eigenvalue weighted by atomic mass is 35.5. The van der Waals surface area contributed by atoms with E-state index in [4.69, 9.17) is 11.6 Å². The zero-order valence-corrected chi connectivity index (χ0v) is 13.1. The van der Waals surface area contributed by atoms with Gasteiger partial charge in [0.25, 0.3) is 0 Å². The van der Waals surface area contributed by atoms with Gasteiger partial charge in [-0.2, -0.15) is 13.2 Å². The molecule has 1 aliphatic heterocycles. The SMILES string of the molecule is CCC[C@@H](c1cc(C(F)(F)F)cc(Cl)c1F)N1CCNCC1. The van der Waals surface area contributed by atoms with Crippen LogP contribution in [-0.2, 0) is 6.18 Å². The first kappa shape index (κ1) is 17.5. The fourth-order valence-electron chi connectivity index (χ4n) is 2.82. The number of benzene rings is 1. The quantitative estimate of drug-likeness (QED) is 0.826. The minimum absolute atomic E-state index is 0.0450. The number of alkyl halides is 3. The van der Waals surface area contributed by atoms with E-state index < -0.39 is 22.6 Å². The predicted octanol–water partition coefficient (Wildman–Crippen LogP) is 4.24. The molecular formula is C15H19ClF4N2. The summed E-state index contributed by atoms with van der Waals surface area (Å²) in [6, 6.07) is 1.18. The highest BCUT2D eigenvalue weighted by molar-refractivity contribution is 6.30. The molecule has 0 spiro atoms. The summed E-state index contributed by atoms with van der Waals surface area (Å²) >= 11 is 5.70. The van der Waals surface area contributed by atoms with E-state index in [-0.39, 0.29) is 11.6 Å². The highest BCUT2D eigenvalue weighted by Gasteiger charge is 2.34. The maximum atomic E-state index is 14.4. The Bertz CT molecular complexity index is 513. The molecule has 1 aliphatic rings. The molecule has 0 bridgehead atoms. The van der Waals surface area contributed by atoms with E-state index in [9.17, 15) is 17.6 Å². The van der Waals surface area contributed by atoms with Gasteiger partial charge >= 0.3 is 6.18 Å². The van der Waals surface area contributed by atoms with Crippen molar-refractivity contribution in [3.8, 4) is 0 Å². The van der Waals surface area contributed by atoms with Gasteiger partial charge in [0.15, 0.2) is 0 Å². The minimum Gasteiger partial charge on any atom is -0.314 e. The first-order chi connectivity index (χ1) is 10.3. The first-order valence-corrected chi connectivity index (χ1v) is 7.73. The third-order valence-electron chi connectivity index (χ3n) is 3.90. The summed E-state index contributed by atoms with van der Waals surface area (Å²) in [5.41, 5.74) is -0.853. The number of hydrogen-bond donors (Lipinski definition) is 1. The van der Waals surface area contributed by atoms with Crippen LogP contribution in [0.1, 0.15) is 36.9 Å². The molecule has 2 rings (SSSR count). The van der Waals surface area contributed by atoms with Gasteiger partial charge in [0.1, 0.15) is 5.82 Å². The van der Waals surface area contributed by atoms with E-state index in [1.165, 1.54) is 0 Å². The molecule has 0 amide bonds. The van der Waals surface area contributed by atoms with Crippen LogP contribution in [0.15, 0.2) is 12.1 Å². The average Bonchev–Trinajstić information content (AvgIpc) is 2.47. The van der Waals surface area contributed by atoms with E-state index in [1.54, 1.807) is 0 Å². The van der Waals surface area contributed by atoms with Gasteiger partial charge in [-0.25, -0.2) is 4.39 Å². The molecule has 0 saturated carbocycles. The van der Waals surface area contributed by atoms with Crippen molar-refractivity contribution in [3.05, 3.63) is 34.1 Å². The third-order valence-corrected chi connectivity index (χ3v) is 4.17. The van der Waals surface area contributed by atoms with E-state index in [0.29, 0.717) is 25.6 Å². The number of hydrogen-bond acceptors (Lipinski definition) is 2. The lowest BCUT2D eigenvalue weighted by Gasteiger charge is -2.35.